The van der Waals surface area contributed by atoms with Crippen LogP contribution in [0.5, 0.6) is 5.75 Å². The monoisotopic (exact) mass is 220 g/mol. The summed E-state index contributed by atoms with van der Waals surface area (Å²) in [7, 11) is 1.65. The van der Waals surface area contributed by atoms with Crippen LogP contribution in [0, 0.1) is 5.92 Å². The van der Waals surface area contributed by atoms with Gasteiger partial charge in [0.1, 0.15) is 12.4 Å². The van der Waals surface area contributed by atoms with Gasteiger partial charge in [-0.3, -0.25) is 4.79 Å². The van der Waals surface area contributed by atoms with Crippen LogP contribution in [0.15, 0.2) is 24.3 Å². The molecule has 1 unspecified atom stereocenters. The molecular weight excluding hydrogens is 204 g/mol. The van der Waals surface area contributed by atoms with Gasteiger partial charge in [-0.05, 0) is 30.5 Å². The highest BCUT2D eigenvalue weighted by atomic mass is 16.5. The lowest BCUT2D eigenvalue weighted by Gasteiger charge is -2.20. The van der Waals surface area contributed by atoms with E-state index in [9.17, 15) is 4.79 Å². The lowest BCUT2D eigenvalue weighted by Crippen LogP contribution is -2.28. The highest BCUT2D eigenvalue weighted by Crippen LogP contribution is 2.19. The number of carbonyl (C=O) groups is 1. The third kappa shape index (κ3) is 2.61. The van der Waals surface area contributed by atoms with Gasteiger partial charge in [-0.2, -0.15) is 0 Å². The van der Waals surface area contributed by atoms with Crippen LogP contribution in [-0.2, 0) is 16.0 Å². The summed E-state index contributed by atoms with van der Waals surface area (Å²) in [4.78, 5) is 11.6. The van der Waals surface area contributed by atoms with Crippen LogP contribution >= 0.6 is 0 Å². The Hall–Kier alpha value is -1.35. The van der Waals surface area contributed by atoms with Crippen molar-refractivity contribution in [3.63, 3.8) is 0 Å². The molecule has 0 aliphatic carbocycles. The van der Waals surface area contributed by atoms with Gasteiger partial charge in [-0.15, -0.1) is 0 Å². The van der Waals surface area contributed by atoms with E-state index in [-0.39, 0.29) is 18.3 Å². The van der Waals surface area contributed by atoms with Crippen molar-refractivity contribution >= 4 is 5.78 Å². The van der Waals surface area contributed by atoms with Gasteiger partial charge < -0.3 is 9.47 Å². The Morgan fingerprint density at radius 1 is 1.38 bits per heavy atom. The summed E-state index contributed by atoms with van der Waals surface area (Å²) in [6, 6.07) is 7.89. The summed E-state index contributed by atoms with van der Waals surface area (Å²) in [5.74, 6) is 1.20. The maximum Gasteiger partial charge on any atom is 0.161 e. The first kappa shape index (κ1) is 11.1. The summed E-state index contributed by atoms with van der Waals surface area (Å²) >= 11 is 0. The van der Waals surface area contributed by atoms with E-state index in [2.05, 4.69) is 0 Å². The van der Waals surface area contributed by atoms with E-state index < -0.39 is 0 Å². The Kier molecular flexibility index (Phi) is 3.57. The molecule has 1 aromatic rings. The molecule has 1 aliphatic heterocycles. The van der Waals surface area contributed by atoms with Gasteiger partial charge in [-0.25, -0.2) is 0 Å². The third-order valence-electron chi connectivity index (χ3n) is 2.95. The second-order valence-electron chi connectivity index (χ2n) is 4.06. The number of hydrogen-bond acceptors (Lipinski definition) is 3. The Labute approximate surface area is 95.4 Å². The largest absolute Gasteiger partial charge is 0.497 e. The third-order valence-corrected chi connectivity index (χ3v) is 2.95. The molecule has 0 saturated carbocycles. The molecule has 0 radical (unpaired) electrons. The number of carbonyl (C=O) groups excluding carboxylic acids is 1. The van der Waals surface area contributed by atoms with E-state index in [1.54, 1.807) is 7.11 Å². The fraction of sp³-hybridized carbons (Fsp3) is 0.462. The maximum absolute atomic E-state index is 11.6. The van der Waals surface area contributed by atoms with Crippen molar-refractivity contribution in [2.45, 2.75) is 12.8 Å². The van der Waals surface area contributed by atoms with E-state index in [0.29, 0.717) is 6.61 Å². The quantitative estimate of drug-likeness (QED) is 0.779. The van der Waals surface area contributed by atoms with Crippen molar-refractivity contribution in [1.82, 2.24) is 0 Å². The minimum atomic E-state index is 0.127. The van der Waals surface area contributed by atoms with Gasteiger partial charge in [0.25, 0.3) is 0 Å². The first-order valence-electron chi connectivity index (χ1n) is 5.53. The first-order valence-corrected chi connectivity index (χ1v) is 5.53. The molecule has 3 nitrogen and oxygen atoms in total. The lowest BCUT2D eigenvalue weighted by molar-refractivity contribution is -0.132. The second-order valence-corrected chi connectivity index (χ2v) is 4.06. The second kappa shape index (κ2) is 5.12. The van der Waals surface area contributed by atoms with Crippen LogP contribution in [-0.4, -0.2) is 26.1 Å². The molecule has 0 bridgehead atoms. The fourth-order valence-corrected chi connectivity index (χ4v) is 1.94. The molecule has 86 valence electrons. The zero-order chi connectivity index (χ0) is 11.4. The van der Waals surface area contributed by atoms with Gasteiger partial charge in [-0.1, -0.05) is 12.1 Å². The van der Waals surface area contributed by atoms with Crippen LogP contribution in [0.4, 0.5) is 0 Å². The van der Waals surface area contributed by atoms with Gasteiger partial charge in [0.15, 0.2) is 5.78 Å². The predicted molar refractivity (Wildman–Crippen MR) is 60.6 cm³/mol. The smallest absolute Gasteiger partial charge is 0.161 e. The van der Waals surface area contributed by atoms with Crippen molar-refractivity contribution in [1.29, 1.82) is 0 Å². The Balaban J connectivity index is 1.99. The zero-order valence-electron chi connectivity index (χ0n) is 9.44. The van der Waals surface area contributed by atoms with Crippen LogP contribution < -0.4 is 4.74 Å². The molecular formula is C13H16O3. The topological polar surface area (TPSA) is 35.5 Å². The van der Waals surface area contributed by atoms with Crippen molar-refractivity contribution in [2.75, 3.05) is 20.3 Å². The van der Waals surface area contributed by atoms with Gasteiger partial charge in [0.2, 0.25) is 0 Å². The summed E-state index contributed by atoms with van der Waals surface area (Å²) in [5, 5.41) is 0. The minimum Gasteiger partial charge on any atom is -0.497 e. The molecule has 3 heteroatoms. The highest BCUT2D eigenvalue weighted by molar-refractivity contribution is 5.83. The summed E-state index contributed by atoms with van der Waals surface area (Å²) in [5.41, 5.74) is 1.18. The molecule has 1 aromatic carbocycles. The van der Waals surface area contributed by atoms with Crippen LogP contribution in [0.2, 0.25) is 0 Å². The molecule has 1 saturated heterocycles. The van der Waals surface area contributed by atoms with Crippen molar-refractivity contribution in [3.8, 4) is 5.75 Å². The molecule has 0 spiro atoms. The van der Waals surface area contributed by atoms with Crippen molar-refractivity contribution < 1.29 is 14.3 Å². The van der Waals surface area contributed by atoms with Gasteiger partial charge in [0, 0.05) is 12.5 Å². The number of benzene rings is 1. The van der Waals surface area contributed by atoms with Crippen molar-refractivity contribution in [3.05, 3.63) is 29.8 Å². The molecule has 0 N–H and O–H groups in total. The maximum atomic E-state index is 11.6. The minimum absolute atomic E-state index is 0.127. The Bertz CT molecular complexity index is 356. The number of ketones is 1. The van der Waals surface area contributed by atoms with E-state index in [1.807, 2.05) is 24.3 Å². The molecule has 2 rings (SSSR count). The average Bonchev–Trinajstić information content (AvgIpc) is 2.33. The predicted octanol–water partition coefficient (Wildman–Crippen LogP) is 1.84. The van der Waals surface area contributed by atoms with Gasteiger partial charge >= 0.3 is 0 Å². The molecule has 1 heterocycles. The van der Waals surface area contributed by atoms with E-state index >= 15 is 0 Å². The van der Waals surface area contributed by atoms with Crippen LogP contribution in [0.1, 0.15) is 12.0 Å². The number of rotatable bonds is 3. The summed E-state index contributed by atoms with van der Waals surface area (Å²) < 4.78 is 10.2. The normalized spacial score (nSPS) is 20.8. The molecule has 0 aromatic heterocycles. The fourth-order valence-electron chi connectivity index (χ4n) is 1.94. The van der Waals surface area contributed by atoms with Gasteiger partial charge in [0.05, 0.1) is 7.11 Å². The van der Waals surface area contributed by atoms with E-state index in [1.165, 1.54) is 5.56 Å². The molecule has 16 heavy (non-hydrogen) atoms. The van der Waals surface area contributed by atoms with Crippen LogP contribution in [0.25, 0.3) is 0 Å². The number of methoxy groups -OCH3 is 1. The van der Waals surface area contributed by atoms with E-state index in [4.69, 9.17) is 9.47 Å². The Morgan fingerprint density at radius 3 is 2.75 bits per heavy atom. The zero-order valence-corrected chi connectivity index (χ0v) is 9.44. The number of Topliss-reactive ketones (excluding diaryl/α,β-unsaturated/α-hetero) is 1. The Morgan fingerprint density at radius 2 is 2.12 bits per heavy atom. The van der Waals surface area contributed by atoms with Crippen molar-refractivity contribution in [2.24, 2.45) is 5.92 Å². The van der Waals surface area contributed by atoms with E-state index in [0.717, 1.165) is 18.6 Å². The lowest BCUT2D eigenvalue weighted by atomic mass is 9.91. The highest BCUT2D eigenvalue weighted by Gasteiger charge is 2.22. The SMILES string of the molecule is COc1ccc(CC2CCOCC2=O)cc1. The first-order chi connectivity index (χ1) is 7.79. The summed E-state index contributed by atoms with van der Waals surface area (Å²) in [6.45, 7) is 0.980. The molecule has 0 amide bonds. The molecule has 1 atom stereocenters. The number of hydrogen-bond donors (Lipinski definition) is 0. The standard InChI is InChI=1S/C13H16O3/c1-15-12-4-2-10(3-5-12)8-11-6-7-16-9-13(11)14/h2-5,11H,6-9H2,1H3. The summed E-state index contributed by atoms with van der Waals surface area (Å²) in [6.07, 6.45) is 1.65. The van der Waals surface area contributed by atoms with Crippen LogP contribution in [0.3, 0.4) is 0 Å². The molecule has 1 aliphatic rings. The average molecular weight is 220 g/mol. The molecule has 1 fully saturated rings. The number of ether oxygens (including phenoxy) is 2.